The third kappa shape index (κ3) is 3.16. The Bertz CT molecular complexity index is 1050. The number of hydrogen-bond acceptors (Lipinski definition) is 4. The van der Waals surface area contributed by atoms with Crippen LogP contribution in [0.15, 0.2) is 46.1 Å². The number of fused-ring (bicyclic) bond motifs is 2. The van der Waals surface area contributed by atoms with Gasteiger partial charge in [-0.3, -0.25) is 9.59 Å². The van der Waals surface area contributed by atoms with Crippen LogP contribution in [0.3, 0.4) is 0 Å². The first-order chi connectivity index (χ1) is 12.1. The number of benzene rings is 2. The molecule has 2 heterocycles. The second-order valence-electron chi connectivity index (χ2n) is 5.65. The summed E-state index contributed by atoms with van der Waals surface area (Å²) in [5.74, 6) is 0.383. The number of imidazole rings is 1. The summed E-state index contributed by atoms with van der Waals surface area (Å²) < 4.78 is 0. The molecular weight excluding hydrogens is 340 g/mol. The van der Waals surface area contributed by atoms with Gasteiger partial charge in [-0.1, -0.05) is 0 Å². The lowest BCUT2D eigenvalue weighted by Gasteiger charge is -2.10. The maximum Gasteiger partial charge on any atom is 0.323 e. The molecule has 1 aliphatic rings. The summed E-state index contributed by atoms with van der Waals surface area (Å²) in [5, 5.41) is 5.62. The smallest absolute Gasteiger partial charge is 0.323 e. The van der Waals surface area contributed by atoms with Crippen LogP contribution in [0.25, 0.3) is 11.0 Å². The molecule has 0 bridgehead atoms. The summed E-state index contributed by atoms with van der Waals surface area (Å²) in [7, 11) is 0. The van der Waals surface area contributed by atoms with Crippen molar-refractivity contribution in [2.75, 3.05) is 16.4 Å². The Morgan fingerprint density at radius 2 is 1.88 bits per heavy atom. The molecule has 7 nitrogen and oxygen atoms in total. The van der Waals surface area contributed by atoms with Crippen LogP contribution in [-0.2, 0) is 4.79 Å². The molecule has 1 aliphatic heterocycles. The highest BCUT2D eigenvalue weighted by Gasteiger charge is 2.16. The number of aromatic nitrogens is 2. The highest BCUT2D eigenvalue weighted by Crippen LogP contribution is 2.31. The lowest BCUT2D eigenvalue weighted by atomic mass is 10.1. The summed E-state index contributed by atoms with van der Waals surface area (Å²) >= 11 is 1.59. The van der Waals surface area contributed by atoms with Gasteiger partial charge in [0.25, 0.3) is 5.91 Å². The minimum absolute atomic E-state index is 0.0503. The van der Waals surface area contributed by atoms with Gasteiger partial charge in [-0.15, -0.1) is 11.8 Å². The predicted octanol–water partition coefficient (Wildman–Crippen LogP) is 2.54. The first-order valence-electron chi connectivity index (χ1n) is 7.68. The molecule has 3 aromatic rings. The fourth-order valence-corrected chi connectivity index (χ4v) is 3.61. The molecule has 0 aliphatic carbocycles. The van der Waals surface area contributed by atoms with Gasteiger partial charge in [-0.25, -0.2) is 4.79 Å². The number of hydrogen-bond donors (Lipinski definition) is 4. The van der Waals surface area contributed by atoms with Gasteiger partial charge in [0.1, 0.15) is 0 Å². The fraction of sp³-hybridized carbons (Fsp3) is 0.118. The lowest BCUT2D eigenvalue weighted by molar-refractivity contribution is -0.115. The molecule has 4 N–H and O–H groups in total. The van der Waals surface area contributed by atoms with E-state index in [1.165, 1.54) is 0 Å². The Morgan fingerprint density at radius 3 is 2.76 bits per heavy atom. The van der Waals surface area contributed by atoms with Gasteiger partial charge in [-0.2, -0.15) is 0 Å². The molecule has 8 heteroatoms. The van der Waals surface area contributed by atoms with Crippen molar-refractivity contribution in [2.24, 2.45) is 0 Å². The van der Waals surface area contributed by atoms with E-state index in [4.69, 9.17) is 0 Å². The van der Waals surface area contributed by atoms with Crippen LogP contribution in [0.5, 0.6) is 0 Å². The summed E-state index contributed by atoms with van der Waals surface area (Å²) in [4.78, 5) is 41.7. The summed E-state index contributed by atoms with van der Waals surface area (Å²) in [5.41, 5.74) is 2.68. The minimum atomic E-state index is -0.294. The number of amides is 2. The highest BCUT2D eigenvalue weighted by molar-refractivity contribution is 7.99. The van der Waals surface area contributed by atoms with Crippen LogP contribution in [0.4, 0.5) is 11.4 Å². The SMILES string of the molecule is O=C1CCSc2ccc(C(=O)Nc3ccc4[nH]c(=O)[nH]c4c3)cc2N1. The molecule has 2 amide bonds. The molecule has 1 aromatic heterocycles. The average Bonchev–Trinajstić information content (AvgIpc) is 2.84. The molecule has 0 atom stereocenters. The van der Waals surface area contributed by atoms with Gasteiger partial charge >= 0.3 is 5.69 Å². The Hall–Kier alpha value is -3.00. The Morgan fingerprint density at radius 1 is 1.04 bits per heavy atom. The van der Waals surface area contributed by atoms with Crippen LogP contribution < -0.4 is 16.3 Å². The molecule has 0 unspecified atom stereocenters. The van der Waals surface area contributed by atoms with E-state index in [9.17, 15) is 14.4 Å². The zero-order valence-electron chi connectivity index (χ0n) is 13.0. The fourth-order valence-electron chi connectivity index (χ4n) is 2.67. The number of carbonyl (C=O) groups is 2. The number of carbonyl (C=O) groups excluding carboxylic acids is 2. The minimum Gasteiger partial charge on any atom is -0.325 e. The van der Waals surface area contributed by atoms with E-state index < -0.39 is 0 Å². The van der Waals surface area contributed by atoms with Crippen LogP contribution >= 0.6 is 11.8 Å². The van der Waals surface area contributed by atoms with Crippen LogP contribution in [0.1, 0.15) is 16.8 Å². The Balaban J connectivity index is 1.59. The van der Waals surface area contributed by atoms with Crippen LogP contribution in [0.2, 0.25) is 0 Å². The number of anilines is 2. The van der Waals surface area contributed by atoms with Gasteiger partial charge in [-0.05, 0) is 36.4 Å². The number of thioether (sulfide) groups is 1. The van der Waals surface area contributed by atoms with Crippen molar-refractivity contribution >= 4 is 46.0 Å². The molecule has 0 saturated heterocycles. The Labute approximate surface area is 146 Å². The second-order valence-corrected chi connectivity index (χ2v) is 6.79. The molecule has 126 valence electrons. The molecule has 0 fully saturated rings. The second kappa shape index (κ2) is 6.14. The number of H-pyrrole nitrogens is 2. The van der Waals surface area contributed by atoms with E-state index in [0.717, 1.165) is 10.6 Å². The van der Waals surface area contributed by atoms with Crippen molar-refractivity contribution in [3.8, 4) is 0 Å². The first-order valence-corrected chi connectivity index (χ1v) is 8.67. The van der Waals surface area contributed by atoms with Gasteiger partial charge in [0.2, 0.25) is 5.91 Å². The van der Waals surface area contributed by atoms with Gasteiger partial charge in [0.15, 0.2) is 0 Å². The molecular formula is C17H14N4O3S. The standard InChI is InChI=1S/C17H14N4O3S/c22-15-5-6-25-14-4-1-9(7-13(14)19-15)16(23)18-10-2-3-11-12(8-10)21-17(24)20-11/h1-4,7-8H,5-6H2,(H,18,23)(H,19,22)(H2,20,21,24). The van der Waals surface area contributed by atoms with Crippen molar-refractivity contribution in [2.45, 2.75) is 11.3 Å². The van der Waals surface area contributed by atoms with E-state index in [-0.39, 0.29) is 17.5 Å². The van der Waals surface area contributed by atoms with E-state index in [0.29, 0.717) is 34.4 Å². The zero-order valence-corrected chi connectivity index (χ0v) is 13.8. The molecule has 0 radical (unpaired) electrons. The Kier molecular flexibility index (Phi) is 3.81. The van der Waals surface area contributed by atoms with Crippen LogP contribution in [0, 0.1) is 0 Å². The number of rotatable bonds is 2. The van der Waals surface area contributed by atoms with Crippen molar-refractivity contribution in [1.82, 2.24) is 9.97 Å². The summed E-state index contributed by atoms with van der Waals surface area (Å²) in [6, 6.07) is 10.4. The molecule has 0 saturated carbocycles. The highest BCUT2D eigenvalue weighted by atomic mass is 32.2. The van der Waals surface area contributed by atoms with E-state index in [1.807, 2.05) is 6.07 Å². The third-order valence-electron chi connectivity index (χ3n) is 3.88. The monoisotopic (exact) mass is 354 g/mol. The molecule has 4 rings (SSSR count). The maximum atomic E-state index is 12.5. The summed E-state index contributed by atoms with van der Waals surface area (Å²) in [6.45, 7) is 0. The molecule has 0 spiro atoms. The normalized spacial score (nSPS) is 13.8. The predicted molar refractivity (Wildman–Crippen MR) is 97.3 cm³/mol. The van der Waals surface area contributed by atoms with Gasteiger partial charge in [0, 0.05) is 28.3 Å². The topological polar surface area (TPSA) is 107 Å². The van der Waals surface area contributed by atoms with E-state index in [2.05, 4.69) is 20.6 Å². The van der Waals surface area contributed by atoms with Crippen LogP contribution in [-0.4, -0.2) is 27.5 Å². The van der Waals surface area contributed by atoms with E-state index >= 15 is 0 Å². The maximum absolute atomic E-state index is 12.5. The number of aromatic amines is 2. The van der Waals surface area contributed by atoms with E-state index in [1.54, 1.807) is 42.1 Å². The van der Waals surface area contributed by atoms with Crippen molar-refractivity contribution in [3.05, 3.63) is 52.4 Å². The van der Waals surface area contributed by atoms with Crippen molar-refractivity contribution in [1.29, 1.82) is 0 Å². The largest absolute Gasteiger partial charge is 0.325 e. The number of nitrogens with one attached hydrogen (secondary N) is 4. The quantitative estimate of drug-likeness (QED) is 0.567. The van der Waals surface area contributed by atoms with Gasteiger partial charge in [0.05, 0.1) is 16.7 Å². The molecule has 25 heavy (non-hydrogen) atoms. The summed E-state index contributed by atoms with van der Waals surface area (Å²) in [6.07, 6.45) is 0.454. The lowest BCUT2D eigenvalue weighted by Crippen LogP contribution is -2.14. The zero-order chi connectivity index (χ0) is 17.4. The third-order valence-corrected chi connectivity index (χ3v) is 4.95. The van der Waals surface area contributed by atoms with Gasteiger partial charge < -0.3 is 20.6 Å². The average molecular weight is 354 g/mol. The first kappa shape index (κ1) is 15.5. The molecule has 2 aromatic carbocycles. The van der Waals surface area contributed by atoms with Crippen molar-refractivity contribution in [3.63, 3.8) is 0 Å². The van der Waals surface area contributed by atoms with Crippen molar-refractivity contribution < 1.29 is 9.59 Å².